The first-order chi connectivity index (χ1) is 11.6. The van der Waals surface area contributed by atoms with E-state index >= 15 is 0 Å². The van der Waals surface area contributed by atoms with Gasteiger partial charge in [0.2, 0.25) is 5.76 Å². The summed E-state index contributed by atoms with van der Waals surface area (Å²) < 4.78 is 15.8. The first-order valence-electron chi connectivity index (χ1n) is 7.27. The van der Waals surface area contributed by atoms with Crippen molar-refractivity contribution in [3.63, 3.8) is 0 Å². The number of carboxylic acids is 1. The smallest absolute Gasteiger partial charge is 0.371 e. The molecule has 0 spiro atoms. The zero-order valence-corrected chi connectivity index (χ0v) is 13.3. The molecule has 5 heteroatoms. The number of fused-ring (bicyclic) bond motifs is 1. The van der Waals surface area contributed by atoms with Gasteiger partial charge in [-0.15, -0.1) is 0 Å². The lowest BCUT2D eigenvalue weighted by atomic mass is 10.1. The molecule has 1 heterocycles. The Balaban J connectivity index is 2.02. The molecule has 24 heavy (non-hydrogen) atoms. The second-order valence-corrected chi connectivity index (χ2v) is 5.15. The number of furan rings is 1. The largest absolute Gasteiger partial charge is 0.497 e. The molecule has 0 bridgehead atoms. The number of methoxy groups -OCH3 is 2. The number of benzene rings is 2. The van der Waals surface area contributed by atoms with Crippen molar-refractivity contribution in [1.29, 1.82) is 0 Å². The third kappa shape index (κ3) is 3.10. The first kappa shape index (κ1) is 15.7. The van der Waals surface area contributed by atoms with Gasteiger partial charge in [-0.2, -0.15) is 0 Å². The van der Waals surface area contributed by atoms with Crippen molar-refractivity contribution in [3.05, 3.63) is 59.4 Å². The summed E-state index contributed by atoms with van der Waals surface area (Å²) >= 11 is 0. The maximum absolute atomic E-state index is 11.1. The van der Waals surface area contributed by atoms with Crippen LogP contribution in [-0.4, -0.2) is 25.3 Å². The van der Waals surface area contributed by atoms with E-state index in [4.69, 9.17) is 19.0 Å². The Kier molecular flexibility index (Phi) is 4.24. The van der Waals surface area contributed by atoms with Gasteiger partial charge >= 0.3 is 5.97 Å². The van der Waals surface area contributed by atoms with Crippen molar-refractivity contribution in [3.8, 4) is 11.5 Å². The highest BCUT2D eigenvalue weighted by molar-refractivity contribution is 5.97. The molecule has 0 radical (unpaired) electrons. The number of rotatable bonds is 5. The van der Waals surface area contributed by atoms with Crippen LogP contribution in [0.25, 0.3) is 23.1 Å². The molecule has 0 saturated heterocycles. The Bertz CT molecular complexity index is 903. The summed E-state index contributed by atoms with van der Waals surface area (Å²) in [5, 5.41) is 9.83. The lowest BCUT2D eigenvalue weighted by Gasteiger charge is -2.03. The molecule has 5 nitrogen and oxygen atoms in total. The van der Waals surface area contributed by atoms with E-state index in [1.54, 1.807) is 20.3 Å². The van der Waals surface area contributed by atoms with Crippen molar-refractivity contribution < 1.29 is 23.8 Å². The number of aromatic carboxylic acids is 1. The maximum atomic E-state index is 11.1. The van der Waals surface area contributed by atoms with E-state index in [2.05, 4.69) is 0 Å². The fourth-order valence-electron chi connectivity index (χ4n) is 2.40. The van der Waals surface area contributed by atoms with E-state index in [-0.39, 0.29) is 5.76 Å². The molecule has 3 aromatic rings. The van der Waals surface area contributed by atoms with Crippen molar-refractivity contribution in [2.75, 3.05) is 14.2 Å². The maximum Gasteiger partial charge on any atom is 0.371 e. The molecule has 1 N–H and O–H groups in total. The van der Waals surface area contributed by atoms with Gasteiger partial charge in [-0.3, -0.25) is 0 Å². The summed E-state index contributed by atoms with van der Waals surface area (Å²) in [5.41, 5.74) is 2.28. The topological polar surface area (TPSA) is 68.9 Å². The van der Waals surface area contributed by atoms with Crippen LogP contribution in [0.5, 0.6) is 11.5 Å². The zero-order chi connectivity index (χ0) is 17.1. The highest BCUT2D eigenvalue weighted by Gasteiger charge is 2.13. The molecule has 0 fully saturated rings. The Morgan fingerprint density at radius 1 is 1.00 bits per heavy atom. The second kappa shape index (κ2) is 6.50. The van der Waals surface area contributed by atoms with Crippen LogP contribution >= 0.6 is 0 Å². The molecule has 1 aromatic heterocycles. The molecule has 2 aromatic carbocycles. The van der Waals surface area contributed by atoms with E-state index in [0.717, 1.165) is 22.3 Å². The van der Waals surface area contributed by atoms with E-state index in [9.17, 15) is 4.79 Å². The van der Waals surface area contributed by atoms with E-state index in [1.807, 2.05) is 42.5 Å². The molecule has 0 aliphatic rings. The van der Waals surface area contributed by atoms with Crippen molar-refractivity contribution >= 4 is 29.1 Å². The summed E-state index contributed by atoms with van der Waals surface area (Å²) in [6.07, 6.45) is 3.83. The Labute approximate surface area is 138 Å². The molecular weight excluding hydrogens is 308 g/mol. The predicted octanol–water partition coefficient (Wildman–Crippen LogP) is 4.32. The van der Waals surface area contributed by atoms with E-state index in [1.165, 1.54) is 6.07 Å². The molecule has 0 unspecified atom stereocenters. The van der Waals surface area contributed by atoms with Crippen LogP contribution < -0.4 is 9.47 Å². The third-order valence-electron chi connectivity index (χ3n) is 3.66. The average Bonchev–Trinajstić information content (AvgIpc) is 3.04. The van der Waals surface area contributed by atoms with Gasteiger partial charge in [-0.25, -0.2) is 4.79 Å². The minimum absolute atomic E-state index is 0.0997. The van der Waals surface area contributed by atoms with Gasteiger partial charge in [-0.05, 0) is 35.4 Å². The van der Waals surface area contributed by atoms with Crippen molar-refractivity contribution in [2.45, 2.75) is 0 Å². The molecule has 3 rings (SSSR count). The molecule has 0 aliphatic heterocycles. The molecule has 0 amide bonds. The number of hydrogen-bond donors (Lipinski definition) is 1. The predicted molar refractivity (Wildman–Crippen MR) is 91.6 cm³/mol. The highest BCUT2D eigenvalue weighted by Crippen LogP contribution is 2.30. The summed E-state index contributed by atoms with van der Waals surface area (Å²) in [6, 6.07) is 12.7. The normalized spacial score (nSPS) is 11.1. The van der Waals surface area contributed by atoms with Gasteiger partial charge in [0.25, 0.3) is 0 Å². The minimum atomic E-state index is -1.10. The van der Waals surface area contributed by atoms with Crippen LogP contribution in [0.1, 0.15) is 21.7 Å². The highest BCUT2D eigenvalue weighted by atomic mass is 16.5. The van der Waals surface area contributed by atoms with E-state index in [0.29, 0.717) is 11.3 Å². The van der Waals surface area contributed by atoms with Gasteiger partial charge < -0.3 is 19.0 Å². The van der Waals surface area contributed by atoms with Gasteiger partial charge in [0.1, 0.15) is 17.1 Å². The quantitative estimate of drug-likeness (QED) is 0.708. The SMILES string of the molecule is COc1ccc(/C=C/c2cc(OC)cc3oc(C(=O)O)cc23)cc1. The lowest BCUT2D eigenvalue weighted by Crippen LogP contribution is -1.91. The zero-order valence-electron chi connectivity index (χ0n) is 13.3. The van der Waals surface area contributed by atoms with Crippen LogP contribution in [0.15, 0.2) is 46.9 Å². The molecule has 0 atom stereocenters. The second-order valence-electron chi connectivity index (χ2n) is 5.15. The molecule has 0 saturated carbocycles. The van der Waals surface area contributed by atoms with Gasteiger partial charge in [0.05, 0.1) is 14.2 Å². The Morgan fingerprint density at radius 2 is 1.71 bits per heavy atom. The van der Waals surface area contributed by atoms with Gasteiger partial charge in [-0.1, -0.05) is 24.3 Å². The van der Waals surface area contributed by atoms with Gasteiger partial charge in [0.15, 0.2) is 0 Å². The monoisotopic (exact) mass is 324 g/mol. The number of hydrogen-bond acceptors (Lipinski definition) is 4. The Hall–Kier alpha value is -3.21. The third-order valence-corrected chi connectivity index (χ3v) is 3.66. The van der Waals surface area contributed by atoms with Gasteiger partial charge in [0, 0.05) is 11.5 Å². The lowest BCUT2D eigenvalue weighted by molar-refractivity contribution is 0.0665. The van der Waals surface area contributed by atoms with Crippen molar-refractivity contribution in [1.82, 2.24) is 0 Å². The summed E-state index contributed by atoms with van der Waals surface area (Å²) in [7, 11) is 3.18. The van der Waals surface area contributed by atoms with Crippen LogP contribution in [0.3, 0.4) is 0 Å². The minimum Gasteiger partial charge on any atom is -0.497 e. The molecule has 122 valence electrons. The average molecular weight is 324 g/mol. The molecular formula is C19H16O5. The van der Waals surface area contributed by atoms with Crippen LogP contribution in [0, 0.1) is 0 Å². The Morgan fingerprint density at radius 3 is 2.33 bits per heavy atom. The number of carbonyl (C=O) groups is 1. The fraction of sp³-hybridized carbons (Fsp3) is 0.105. The summed E-state index contributed by atoms with van der Waals surface area (Å²) in [4.78, 5) is 11.1. The number of carboxylic acid groups (broad SMARTS) is 1. The van der Waals surface area contributed by atoms with Crippen LogP contribution in [0.4, 0.5) is 0 Å². The fourth-order valence-corrected chi connectivity index (χ4v) is 2.40. The van der Waals surface area contributed by atoms with Crippen LogP contribution in [-0.2, 0) is 0 Å². The summed E-state index contributed by atoms with van der Waals surface area (Å²) in [6.45, 7) is 0. The van der Waals surface area contributed by atoms with Crippen molar-refractivity contribution in [2.24, 2.45) is 0 Å². The molecule has 0 aliphatic carbocycles. The first-order valence-corrected chi connectivity index (χ1v) is 7.27. The standard InChI is InChI=1S/C19H16O5/c1-22-14-7-4-12(5-8-14)3-6-13-9-15(23-2)10-17-16(13)11-18(24-17)19(20)21/h3-11H,1-2H3,(H,20,21)/b6-3+. The van der Waals surface area contributed by atoms with E-state index < -0.39 is 5.97 Å². The summed E-state index contributed by atoms with van der Waals surface area (Å²) in [5.74, 6) is 0.188. The number of ether oxygens (including phenoxy) is 2. The van der Waals surface area contributed by atoms with Crippen LogP contribution in [0.2, 0.25) is 0 Å².